The van der Waals surface area contributed by atoms with Gasteiger partial charge in [0.25, 0.3) is 11.8 Å². The largest absolute Gasteiger partial charge is 0.504 e. The minimum absolute atomic E-state index is 0.00798. The number of hydrogen-bond donors (Lipinski definition) is 1. The number of halogens is 7. The normalized spacial score (nSPS) is 26.3. The van der Waals surface area contributed by atoms with Crippen LogP contribution in [-0.2, 0) is 19.2 Å². The summed E-state index contributed by atoms with van der Waals surface area (Å²) in [4.78, 5) is 75.5. The number of nitrogens with zero attached hydrogens (tertiary/aromatic N) is 5. The molecule has 2 aliphatic heterocycles. The number of amides is 4. The Morgan fingerprint density at radius 1 is 0.862 bits per heavy atom. The molecule has 4 amide bonds. The van der Waals surface area contributed by atoms with E-state index in [1.807, 2.05) is 0 Å². The highest BCUT2D eigenvalue weighted by Crippen LogP contribution is 2.66. The van der Waals surface area contributed by atoms with Crippen LogP contribution in [-0.4, -0.2) is 69.0 Å². The van der Waals surface area contributed by atoms with Crippen molar-refractivity contribution in [2.45, 2.75) is 35.4 Å². The van der Waals surface area contributed by atoms with Gasteiger partial charge in [-0.05, 0) is 43.4 Å². The number of allylic oxidation sites excluding steroid dienone is 2. The topological polar surface area (TPSA) is 194 Å². The summed E-state index contributed by atoms with van der Waals surface area (Å²) in [6.45, 7) is 1.55. The predicted molar refractivity (Wildman–Crippen MR) is 192 cm³/mol. The highest BCUT2D eigenvalue weighted by atomic mass is 35.5. The van der Waals surface area contributed by atoms with Gasteiger partial charge in [-0.25, -0.2) is 31.8 Å². The molecule has 58 heavy (non-hydrogen) atoms. The number of hydrogen-bond acceptors (Lipinski definition) is 11. The monoisotopic (exact) mass is 853 g/mol. The van der Waals surface area contributed by atoms with Gasteiger partial charge in [-0.2, -0.15) is 0 Å². The minimum Gasteiger partial charge on any atom is -0.504 e. The van der Waals surface area contributed by atoms with Crippen LogP contribution in [0.25, 0.3) is 0 Å². The van der Waals surface area contributed by atoms with Crippen molar-refractivity contribution in [1.82, 2.24) is 0 Å². The second-order valence-corrected chi connectivity index (χ2v) is 15.3. The molecule has 0 spiro atoms. The number of ether oxygens (including phenoxy) is 1. The summed E-state index contributed by atoms with van der Waals surface area (Å²) in [7, 11) is 2.60. The number of fused-ring (bicyclic) bond motifs is 4. The number of benzene rings is 3. The van der Waals surface area contributed by atoms with E-state index >= 15 is 8.78 Å². The van der Waals surface area contributed by atoms with E-state index in [-0.39, 0.29) is 34.8 Å². The molecular weight excluding hydrogens is 828 g/mol. The first-order valence-corrected chi connectivity index (χ1v) is 17.9. The van der Waals surface area contributed by atoms with Gasteiger partial charge >= 0.3 is 11.4 Å². The first-order chi connectivity index (χ1) is 27.1. The summed E-state index contributed by atoms with van der Waals surface area (Å²) >= 11 is 14.3. The van der Waals surface area contributed by atoms with Crippen molar-refractivity contribution < 1.29 is 60.8 Å². The molecule has 3 aromatic rings. The molecule has 0 aromatic heterocycles. The zero-order chi connectivity index (χ0) is 42.7. The van der Waals surface area contributed by atoms with Gasteiger partial charge in [-0.1, -0.05) is 17.7 Å². The van der Waals surface area contributed by atoms with Crippen LogP contribution in [0.5, 0.6) is 11.5 Å². The fourth-order valence-corrected chi connectivity index (χ4v) is 9.57. The quantitative estimate of drug-likeness (QED) is 0.0400. The molecule has 0 radical (unpaired) electrons. The Morgan fingerprint density at radius 2 is 1.43 bits per heavy atom. The third-order valence-electron chi connectivity index (χ3n) is 11.0. The van der Waals surface area contributed by atoms with Crippen molar-refractivity contribution in [1.29, 1.82) is 0 Å². The van der Waals surface area contributed by atoms with E-state index in [0.29, 0.717) is 4.90 Å². The second kappa shape index (κ2) is 13.6. The lowest BCUT2D eigenvalue weighted by Crippen LogP contribution is -2.60. The molecule has 15 nitrogen and oxygen atoms in total. The van der Waals surface area contributed by atoms with Crippen LogP contribution in [0.1, 0.15) is 31.2 Å². The Balaban J connectivity index is 1.43. The molecule has 4 aliphatic rings. The molecule has 304 valence electrons. The van der Waals surface area contributed by atoms with Crippen LogP contribution >= 0.6 is 23.2 Å². The average molecular weight is 855 g/mol. The van der Waals surface area contributed by atoms with Gasteiger partial charge in [0, 0.05) is 32.1 Å². The zero-order valence-corrected chi connectivity index (χ0v) is 31.4. The highest BCUT2D eigenvalue weighted by molar-refractivity contribution is 6.58. The third kappa shape index (κ3) is 5.29. The van der Waals surface area contributed by atoms with E-state index in [4.69, 9.17) is 27.9 Å². The first kappa shape index (κ1) is 40.3. The highest BCUT2D eigenvalue weighted by Gasteiger charge is 2.77. The van der Waals surface area contributed by atoms with E-state index < -0.39 is 137 Å². The Morgan fingerprint density at radius 3 is 1.97 bits per heavy atom. The van der Waals surface area contributed by atoms with Crippen molar-refractivity contribution in [3.8, 4) is 11.5 Å². The molecular formula is C36H26Cl2F5N5O10. The molecule has 2 saturated heterocycles. The molecule has 6 atom stereocenters. The molecule has 0 unspecified atom stereocenters. The number of rotatable bonds is 8. The second-order valence-electron chi connectivity index (χ2n) is 14.1. The van der Waals surface area contributed by atoms with Gasteiger partial charge in [0.1, 0.15) is 5.69 Å². The molecule has 1 saturated carbocycles. The number of aromatic hydroxyl groups is 1. The van der Waals surface area contributed by atoms with E-state index in [1.165, 1.54) is 32.3 Å². The van der Waals surface area contributed by atoms with Crippen LogP contribution in [0, 0.1) is 67.1 Å². The number of nitro benzene ring substituents is 2. The minimum atomic E-state index is -2.87. The van der Waals surface area contributed by atoms with Crippen LogP contribution < -0.4 is 19.4 Å². The molecule has 7 rings (SSSR count). The summed E-state index contributed by atoms with van der Waals surface area (Å²) < 4.78 is 79.4. The number of carbonyl (C=O) groups excluding carboxylic acids is 4. The van der Waals surface area contributed by atoms with Crippen molar-refractivity contribution in [2.24, 2.45) is 17.8 Å². The van der Waals surface area contributed by atoms with Crippen molar-refractivity contribution in [3.63, 3.8) is 0 Å². The smallest absolute Gasteiger partial charge is 0.301 e. The van der Waals surface area contributed by atoms with Crippen molar-refractivity contribution in [3.05, 3.63) is 96.9 Å². The van der Waals surface area contributed by atoms with Gasteiger partial charge in [0.15, 0.2) is 50.2 Å². The maximum absolute atomic E-state index is 15.3. The van der Waals surface area contributed by atoms with Crippen molar-refractivity contribution >= 4 is 75.3 Å². The lowest BCUT2D eigenvalue weighted by molar-refractivity contribution is -0.392. The lowest BCUT2D eigenvalue weighted by Gasteiger charge is -2.50. The molecule has 1 N–H and O–H groups in total. The summed E-state index contributed by atoms with van der Waals surface area (Å²) in [6.07, 6.45) is 0.245. The zero-order valence-electron chi connectivity index (χ0n) is 29.9. The van der Waals surface area contributed by atoms with Gasteiger partial charge in [-0.15, -0.1) is 23.2 Å². The number of carbonyl (C=O) groups is 4. The van der Waals surface area contributed by atoms with Gasteiger partial charge in [0.2, 0.25) is 17.6 Å². The van der Waals surface area contributed by atoms with Gasteiger partial charge in [0.05, 0.1) is 34.0 Å². The van der Waals surface area contributed by atoms with E-state index in [9.17, 15) is 57.7 Å². The van der Waals surface area contributed by atoms with Crippen molar-refractivity contribution in [2.75, 3.05) is 35.4 Å². The van der Waals surface area contributed by atoms with Gasteiger partial charge in [-0.3, -0.25) is 39.4 Å². The Kier molecular flexibility index (Phi) is 9.46. The maximum Gasteiger partial charge on any atom is 0.301 e. The average Bonchev–Trinajstić information content (AvgIpc) is 3.51. The molecule has 0 bridgehead atoms. The molecule has 2 aliphatic carbocycles. The van der Waals surface area contributed by atoms with E-state index in [1.54, 1.807) is 6.92 Å². The van der Waals surface area contributed by atoms with Crippen LogP contribution in [0.4, 0.5) is 50.4 Å². The SMILES string of the molecule is CCOc1cc([C@H]2C3=CC[C@@H]4C(=O)N(c5cc([N+](=O)[O-])c(N(C)C)c([N+](=O)[O-])c5)C(=O)[C@@H]4[C@@H]3C[C@@]3(Cl)C(=O)N(c4c(F)c(F)c(F)c(F)c4F)C(=O)[C@@]23Cl)ccc1O. The Bertz CT molecular complexity index is 2410. The van der Waals surface area contributed by atoms with Crippen LogP contribution in [0.3, 0.4) is 0 Å². The molecule has 22 heteroatoms. The molecule has 2 heterocycles. The fraction of sp³-hybridized carbons (Fsp3) is 0.333. The number of alkyl halides is 2. The third-order valence-corrected chi connectivity index (χ3v) is 12.4. The molecule has 3 aromatic carbocycles. The number of nitro groups is 2. The van der Waals surface area contributed by atoms with Crippen LogP contribution in [0.15, 0.2) is 42.0 Å². The standard InChI is InChI=1S/C36H26Cl2F5N5O10/c1-4-58-21-9-13(5-8-20(21)49)23-15-6-7-16-22(32(51)45(31(16)50)14-10-18(47(54)55)29(44(2)3)19(11-14)48(56)57)17(15)12-35(37)33(52)46(34(53)36(23,35)38)30-27(42)25(40)24(39)26(41)28(30)43/h5-6,8-11,16-17,22-23,49H,4,7,12H2,1-3H3/t16-,17+,22-,23-,35+,36-/m0/s1. The summed E-state index contributed by atoms with van der Waals surface area (Å²) in [5.41, 5.74) is -4.60. The van der Waals surface area contributed by atoms with E-state index in [2.05, 4.69) is 0 Å². The number of imide groups is 2. The Hall–Kier alpha value is -5.89. The number of phenolic OH excluding ortho intramolecular Hbond substituents is 1. The maximum atomic E-state index is 15.3. The number of phenols is 1. The predicted octanol–water partition coefficient (Wildman–Crippen LogP) is 6.14. The lowest BCUT2D eigenvalue weighted by atomic mass is 9.56. The number of anilines is 3. The van der Waals surface area contributed by atoms with Crippen LogP contribution in [0.2, 0.25) is 0 Å². The molecule has 3 fully saturated rings. The van der Waals surface area contributed by atoms with Gasteiger partial charge < -0.3 is 14.7 Å². The Labute approximate surface area is 332 Å². The first-order valence-electron chi connectivity index (χ1n) is 17.1. The summed E-state index contributed by atoms with van der Waals surface area (Å²) in [6, 6.07) is 5.12. The summed E-state index contributed by atoms with van der Waals surface area (Å²) in [5, 5.41) is 34.7. The van der Waals surface area contributed by atoms with E-state index in [0.717, 1.165) is 23.1 Å². The summed E-state index contributed by atoms with van der Waals surface area (Å²) in [5.74, 6) is -24.7. The fourth-order valence-electron chi connectivity index (χ4n) is 8.63.